The molecule has 34 heavy (non-hydrogen) atoms. The molecule has 0 aliphatic carbocycles. The van der Waals surface area contributed by atoms with Gasteiger partial charge in [0.15, 0.2) is 12.4 Å². The number of hydrogen-bond acceptors (Lipinski definition) is 5. The number of esters is 1. The number of carbonyl (C=O) groups excluding carboxylic acids is 2. The summed E-state index contributed by atoms with van der Waals surface area (Å²) in [6.07, 6.45) is 0. The Morgan fingerprint density at radius 1 is 0.971 bits per heavy atom. The van der Waals surface area contributed by atoms with Crippen molar-refractivity contribution in [3.05, 3.63) is 102 Å². The van der Waals surface area contributed by atoms with Crippen LogP contribution >= 0.6 is 0 Å². The zero-order valence-electron chi connectivity index (χ0n) is 18.6. The number of amides is 1. The van der Waals surface area contributed by atoms with Crippen molar-refractivity contribution in [2.24, 2.45) is 0 Å². The lowest BCUT2D eigenvalue weighted by Crippen LogP contribution is -2.34. The molecule has 7 nitrogen and oxygen atoms in total. The molecular formula is C26H23FN4O3. The van der Waals surface area contributed by atoms with E-state index in [0.717, 1.165) is 11.3 Å². The van der Waals surface area contributed by atoms with Crippen LogP contribution in [0.4, 0.5) is 4.39 Å². The zero-order chi connectivity index (χ0) is 23.9. The van der Waals surface area contributed by atoms with Crippen molar-refractivity contribution in [1.82, 2.24) is 19.7 Å². The highest BCUT2D eigenvalue weighted by Gasteiger charge is 2.22. The largest absolute Gasteiger partial charge is 0.450 e. The summed E-state index contributed by atoms with van der Waals surface area (Å²) in [5.74, 6) is -1.25. The second-order valence-electron chi connectivity index (χ2n) is 7.49. The van der Waals surface area contributed by atoms with Gasteiger partial charge in [-0.15, -0.1) is 5.10 Å². The van der Waals surface area contributed by atoms with Crippen molar-refractivity contribution in [2.75, 3.05) is 13.2 Å². The van der Waals surface area contributed by atoms with Crippen LogP contribution in [0.2, 0.25) is 0 Å². The molecule has 8 heteroatoms. The summed E-state index contributed by atoms with van der Waals surface area (Å²) in [4.78, 5) is 31.2. The fourth-order valence-electron chi connectivity index (χ4n) is 3.44. The molecule has 0 fully saturated rings. The van der Waals surface area contributed by atoms with E-state index in [1.165, 1.54) is 17.0 Å². The number of carbonyl (C=O) groups is 2. The number of benzene rings is 3. The van der Waals surface area contributed by atoms with Crippen molar-refractivity contribution in [3.63, 3.8) is 0 Å². The van der Waals surface area contributed by atoms with Crippen molar-refractivity contribution < 1.29 is 18.7 Å². The van der Waals surface area contributed by atoms with Gasteiger partial charge in [-0.2, -0.15) is 0 Å². The molecule has 0 saturated heterocycles. The van der Waals surface area contributed by atoms with E-state index in [2.05, 4.69) is 10.1 Å². The average molecular weight is 458 g/mol. The van der Waals surface area contributed by atoms with Gasteiger partial charge in [0.2, 0.25) is 0 Å². The van der Waals surface area contributed by atoms with E-state index in [0.29, 0.717) is 17.9 Å². The minimum absolute atomic E-state index is 0.149. The summed E-state index contributed by atoms with van der Waals surface area (Å²) < 4.78 is 20.3. The molecule has 0 spiro atoms. The van der Waals surface area contributed by atoms with Gasteiger partial charge in [0, 0.05) is 18.7 Å². The summed E-state index contributed by atoms with van der Waals surface area (Å²) in [7, 11) is 0. The molecule has 0 unspecified atom stereocenters. The second-order valence-corrected chi connectivity index (χ2v) is 7.49. The molecule has 0 aliphatic heterocycles. The lowest BCUT2D eigenvalue weighted by molar-refractivity contribution is -0.135. The molecule has 1 aromatic heterocycles. The van der Waals surface area contributed by atoms with Gasteiger partial charge in [0.05, 0.1) is 5.69 Å². The van der Waals surface area contributed by atoms with Crippen molar-refractivity contribution >= 4 is 11.9 Å². The first-order chi connectivity index (χ1) is 16.5. The number of aromatic nitrogens is 3. The third-order valence-electron chi connectivity index (χ3n) is 5.15. The van der Waals surface area contributed by atoms with E-state index < -0.39 is 18.5 Å². The monoisotopic (exact) mass is 458 g/mol. The van der Waals surface area contributed by atoms with Gasteiger partial charge in [-0.25, -0.2) is 18.9 Å². The Morgan fingerprint density at radius 3 is 2.35 bits per heavy atom. The minimum atomic E-state index is -0.804. The molecule has 0 N–H and O–H groups in total. The van der Waals surface area contributed by atoms with E-state index in [9.17, 15) is 14.0 Å². The zero-order valence-corrected chi connectivity index (χ0v) is 18.6. The first-order valence-electron chi connectivity index (χ1n) is 10.8. The maximum absolute atomic E-state index is 13.5. The highest BCUT2D eigenvalue weighted by Crippen LogP contribution is 2.21. The lowest BCUT2D eigenvalue weighted by Gasteiger charge is -2.20. The smallest absolute Gasteiger partial charge is 0.378 e. The van der Waals surface area contributed by atoms with Crippen molar-refractivity contribution in [3.8, 4) is 17.1 Å². The Bertz CT molecular complexity index is 1220. The van der Waals surface area contributed by atoms with Crippen molar-refractivity contribution in [2.45, 2.75) is 13.5 Å². The van der Waals surface area contributed by atoms with Crippen LogP contribution < -0.4 is 0 Å². The van der Waals surface area contributed by atoms with Crippen LogP contribution in [0.25, 0.3) is 17.1 Å². The SMILES string of the molecule is CCN(Cc1cccc(F)c1)C(=O)COC(=O)c1nc(-c2ccccc2)n(-c2ccccc2)n1. The Balaban J connectivity index is 1.49. The quantitative estimate of drug-likeness (QED) is 0.369. The maximum Gasteiger partial charge on any atom is 0.378 e. The summed E-state index contributed by atoms with van der Waals surface area (Å²) in [5, 5.41) is 4.34. The van der Waals surface area contributed by atoms with E-state index >= 15 is 0 Å². The second kappa shape index (κ2) is 10.5. The highest BCUT2D eigenvalue weighted by atomic mass is 19.1. The minimum Gasteiger partial charge on any atom is -0.450 e. The van der Waals surface area contributed by atoms with Crippen LogP contribution in [-0.2, 0) is 16.1 Å². The van der Waals surface area contributed by atoms with Gasteiger partial charge < -0.3 is 9.64 Å². The van der Waals surface area contributed by atoms with Crippen LogP contribution in [0.1, 0.15) is 23.1 Å². The molecule has 0 aliphatic rings. The summed E-state index contributed by atoms with van der Waals surface area (Å²) in [6.45, 7) is 1.92. The number of ether oxygens (including phenoxy) is 1. The van der Waals surface area contributed by atoms with E-state index in [4.69, 9.17) is 4.74 Å². The standard InChI is InChI=1S/C26H23FN4O3/c1-2-30(17-19-10-9-13-21(27)16-19)23(32)18-34-26(33)24-28-25(20-11-5-3-6-12-20)31(29-24)22-14-7-4-8-15-22/h3-16H,2,17-18H2,1H3. The number of para-hydroxylation sites is 1. The molecule has 1 amide bonds. The molecule has 0 radical (unpaired) electrons. The van der Waals surface area contributed by atoms with Gasteiger partial charge in [-0.05, 0) is 36.8 Å². The molecule has 3 aromatic carbocycles. The van der Waals surface area contributed by atoms with Crippen LogP contribution in [0.15, 0.2) is 84.9 Å². The van der Waals surface area contributed by atoms with E-state index in [1.54, 1.807) is 23.7 Å². The van der Waals surface area contributed by atoms with Gasteiger partial charge in [0.25, 0.3) is 11.7 Å². The molecule has 4 rings (SSSR count). The Kier molecular flexibility index (Phi) is 7.07. The summed E-state index contributed by atoms with van der Waals surface area (Å²) in [6, 6.07) is 24.7. The normalized spacial score (nSPS) is 10.6. The van der Waals surface area contributed by atoms with Gasteiger partial charge in [0.1, 0.15) is 5.82 Å². The highest BCUT2D eigenvalue weighted by molar-refractivity contribution is 5.88. The fraction of sp³-hybridized carbons (Fsp3) is 0.154. The Labute approximate surface area is 196 Å². The first-order valence-corrected chi connectivity index (χ1v) is 10.8. The first kappa shape index (κ1) is 22.8. The van der Waals surface area contributed by atoms with E-state index in [-0.39, 0.29) is 18.2 Å². The number of rotatable bonds is 8. The van der Waals surface area contributed by atoms with Crippen LogP contribution in [-0.4, -0.2) is 44.7 Å². The van der Waals surface area contributed by atoms with Gasteiger partial charge >= 0.3 is 5.97 Å². The third-order valence-corrected chi connectivity index (χ3v) is 5.15. The fourth-order valence-corrected chi connectivity index (χ4v) is 3.44. The summed E-state index contributed by atoms with van der Waals surface area (Å²) in [5.41, 5.74) is 2.16. The van der Waals surface area contributed by atoms with Gasteiger partial charge in [-0.1, -0.05) is 60.7 Å². The molecule has 1 heterocycles. The van der Waals surface area contributed by atoms with Crippen LogP contribution in [0.5, 0.6) is 0 Å². The molecule has 0 atom stereocenters. The topological polar surface area (TPSA) is 77.3 Å². The molecule has 172 valence electrons. The predicted molar refractivity (Wildman–Crippen MR) is 125 cm³/mol. The van der Waals surface area contributed by atoms with Crippen LogP contribution in [0, 0.1) is 5.82 Å². The summed E-state index contributed by atoms with van der Waals surface area (Å²) >= 11 is 0. The average Bonchev–Trinajstić information content (AvgIpc) is 3.32. The Morgan fingerprint density at radius 2 is 1.68 bits per heavy atom. The number of nitrogens with zero attached hydrogens (tertiary/aromatic N) is 4. The third kappa shape index (κ3) is 5.35. The lowest BCUT2D eigenvalue weighted by atomic mass is 10.2. The number of likely N-dealkylation sites (N-methyl/N-ethyl adjacent to an activating group) is 1. The van der Waals surface area contributed by atoms with Gasteiger partial charge in [-0.3, -0.25) is 4.79 Å². The Hall–Kier alpha value is -4.33. The van der Waals surface area contributed by atoms with E-state index in [1.807, 2.05) is 60.7 Å². The molecule has 0 saturated carbocycles. The predicted octanol–water partition coefficient (Wildman–Crippen LogP) is 4.28. The maximum atomic E-state index is 13.5. The van der Waals surface area contributed by atoms with Crippen LogP contribution in [0.3, 0.4) is 0 Å². The van der Waals surface area contributed by atoms with Crippen molar-refractivity contribution in [1.29, 1.82) is 0 Å². The number of halogens is 1. The molecular weight excluding hydrogens is 435 g/mol. The number of hydrogen-bond donors (Lipinski definition) is 0. The molecule has 0 bridgehead atoms. The molecule has 4 aromatic rings.